The van der Waals surface area contributed by atoms with Gasteiger partial charge in [-0.15, -0.1) is 0 Å². The molecule has 0 saturated heterocycles. The monoisotopic (exact) mass is 302 g/mol. The van der Waals surface area contributed by atoms with Crippen LogP contribution in [0.3, 0.4) is 0 Å². The fraction of sp³-hybridized carbons (Fsp3) is 0.438. The van der Waals surface area contributed by atoms with Crippen molar-refractivity contribution < 1.29 is 9.53 Å². The van der Waals surface area contributed by atoms with Crippen molar-refractivity contribution in [2.45, 2.75) is 34.2 Å². The molecule has 6 heteroatoms. The van der Waals surface area contributed by atoms with E-state index in [1.807, 2.05) is 52.0 Å². The molecule has 0 aliphatic carbocycles. The molecule has 2 aromatic rings. The van der Waals surface area contributed by atoms with Crippen LogP contribution in [0.25, 0.3) is 0 Å². The van der Waals surface area contributed by atoms with Gasteiger partial charge in [-0.3, -0.25) is 4.79 Å². The number of hydrogen-bond donors (Lipinski definition) is 1. The minimum absolute atomic E-state index is 0.0447. The number of anilines is 1. The lowest BCUT2D eigenvalue weighted by Crippen LogP contribution is -2.25. The Morgan fingerprint density at radius 1 is 1.32 bits per heavy atom. The van der Waals surface area contributed by atoms with Gasteiger partial charge in [-0.05, 0) is 45.0 Å². The third-order valence-electron chi connectivity index (χ3n) is 3.29. The van der Waals surface area contributed by atoms with Gasteiger partial charge in [0.25, 0.3) is 0 Å². The summed E-state index contributed by atoms with van der Waals surface area (Å²) in [5, 5.41) is 7.18. The topological polar surface area (TPSA) is 69.0 Å². The molecule has 2 rings (SSSR count). The predicted octanol–water partition coefficient (Wildman–Crippen LogP) is 2.57. The highest BCUT2D eigenvalue weighted by Gasteiger charge is 2.16. The smallest absolute Gasteiger partial charge is 0.229 e. The zero-order chi connectivity index (χ0) is 16.1. The molecule has 1 amide bonds. The highest BCUT2D eigenvalue weighted by atomic mass is 16.5. The molecule has 0 bridgehead atoms. The van der Waals surface area contributed by atoms with Crippen molar-refractivity contribution in [2.24, 2.45) is 5.92 Å². The Bertz CT molecular complexity index is 634. The lowest BCUT2D eigenvalue weighted by molar-refractivity contribution is -0.119. The van der Waals surface area contributed by atoms with Gasteiger partial charge in [0, 0.05) is 5.69 Å². The zero-order valence-electron chi connectivity index (χ0n) is 13.5. The molecular weight excluding hydrogens is 280 g/mol. The average Bonchev–Trinajstić information content (AvgIpc) is 2.79. The summed E-state index contributed by atoms with van der Waals surface area (Å²) >= 11 is 0. The molecule has 118 valence electrons. The number of rotatable bonds is 6. The molecule has 0 unspecified atom stereocenters. The summed E-state index contributed by atoms with van der Waals surface area (Å²) in [6.45, 7) is 8.67. The molecule has 1 aromatic carbocycles. The molecule has 1 atom stereocenters. The van der Waals surface area contributed by atoms with E-state index in [1.54, 1.807) is 4.68 Å². The van der Waals surface area contributed by atoms with E-state index < -0.39 is 0 Å². The normalized spacial score (nSPS) is 12.0. The second kappa shape index (κ2) is 7.06. The van der Waals surface area contributed by atoms with Gasteiger partial charge < -0.3 is 10.1 Å². The van der Waals surface area contributed by atoms with Gasteiger partial charge in [-0.25, -0.2) is 9.67 Å². The van der Waals surface area contributed by atoms with Crippen LogP contribution in [0.15, 0.2) is 24.3 Å². The zero-order valence-corrected chi connectivity index (χ0v) is 13.5. The second-order valence-electron chi connectivity index (χ2n) is 5.24. The Hall–Kier alpha value is -2.37. The van der Waals surface area contributed by atoms with Crippen LogP contribution in [0.1, 0.15) is 25.5 Å². The fourth-order valence-electron chi connectivity index (χ4n) is 2.14. The van der Waals surface area contributed by atoms with Crippen LogP contribution in [-0.2, 0) is 11.3 Å². The van der Waals surface area contributed by atoms with Gasteiger partial charge in [0.15, 0.2) is 0 Å². The third-order valence-corrected chi connectivity index (χ3v) is 3.29. The summed E-state index contributed by atoms with van der Waals surface area (Å²) in [6.07, 6.45) is 0. The maximum absolute atomic E-state index is 12.2. The van der Waals surface area contributed by atoms with Crippen LogP contribution in [0.4, 0.5) is 5.69 Å². The number of amides is 1. The van der Waals surface area contributed by atoms with E-state index in [4.69, 9.17) is 4.74 Å². The molecule has 0 spiro atoms. The van der Waals surface area contributed by atoms with E-state index in [2.05, 4.69) is 15.4 Å². The van der Waals surface area contributed by atoms with Gasteiger partial charge in [0.2, 0.25) is 5.91 Å². The highest BCUT2D eigenvalue weighted by molar-refractivity contribution is 5.92. The van der Waals surface area contributed by atoms with Gasteiger partial charge in [0.1, 0.15) is 17.4 Å². The van der Waals surface area contributed by atoms with E-state index >= 15 is 0 Å². The number of hydrogen-bond acceptors (Lipinski definition) is 4. The van der Waals surface area contributed by atoms with E-state index in [-0.39, 0.29) is 11.8 Å². The summed E-state index contributed by atoms with van der Waals surface area (Å²) in [5.41, 5.74) is 0.756. The molecule has 0 saturated carbocycles. The first-order valence-corrected chi connectivity index (χ1v) is 7.41. The first kappa shape index (κ1) is 16.0. The van der Waals surface area contributed by atoms with Crippen molar-refractivity contribution in [3.63, 3.8) is 0 Å². The predicted molar refractivity (Wildman–Crippen MR) is 84.9 cm³/mol. The summed E-state index contributed by atoms with van der Waals surface area (Å²) in [6, 6.07) is 7.35. The van der Waals surface area contributed by atoms with Crippen molar-refractivity contribution in [1.29, 1.82) is 0 Å². The minimum atomic E-state index is -0.202. The summed E-state index contributed by atoms with van der Waals surface area (Å²) < 4.78 is 7.14. The third kappa shape index (κ3) is 4.07. The Balaban J connectivity index is 1.94. The van der Waals surface area contributed by atoms with Crippen LogP contribution in [-0.4, -0.2) is 27.3 Å². The SMILES string of the molecule is CCOc1ccc(NC(=O)[C@@H](C)Cn2nc(C)nc2C)cc1. The largest absolute Gasteiger partial charge is 0.494 e. The standard InChI is InChI=1S/C16H22N4O2/c1-5-22-15-8-6-14(7-9-15)18-16(21)11(2)10-20-13(4)17-12(3)19-20/h6-9,11H,5,10H2,1-4H3,(H,18,21)/t11-/m0/s1. The van der Waals surface area contributed by atoms with Gasteiger partial charge >= 0.3 is 0 Å². The van der Waals surface area contributed by atoms with Gasteiger partial charge in [-0.1, -0.05) is 6.92 Å². The lowest BCUT2D eigenvalue weighted by Gasteiger charge is -2.13. The van der Waals surface area contributed by atoms with Crippen LogP contribution < -0.4 is 10.1 Å². The molecule has 1 aromatic heterocycles. The number of benzene rings is 1. The summed E-state index contributed by atoms with van der Waals surface area (Å²) in [7, 11) is 0. The Morgan fingerprint density at radius 3 is 2.55 bits per heavy atom. The van der Waals surface area contributed by atoms with Crippen LogP contribution in [0.2, 0.25) is 0 Å². The van der Waals surface area contributed by atoms with Crippen LogP contribution in [0, 0.1) is 19.8 Å². The van der Waals surface area contributed by atoms with E-state index in [0.717, 1.165) is 23.1 Å². The van der Waals surface area contributed by atoms with Crippen LogP contribution in [0.5, 0.6) is 5.75 Å². The fourth-order valence-corrected chi connectivity index (χ4v) is 2.14. The van der Waals surface area contributed by atoms with Gasteiger partial charge in [-0.2, -0.15) is 5.10 Å². The van der Waals surface area contributed by atoms with Crippen molar-refractivity contribution >= 4 is 11.6 Å². The molecule has 22 heavy (non-hydrogen) atoms. The van der Waals surface area contributed by atoms with E-state index in [1.165, 1.54) is 0 Å². The van der Waals surface area contributed by atoms with Crippen molar-refractivity contribution in [3.05, 3.63) is 35.9 Å². The molecule has 0 aliphatic rings. The average molecular weight is 302 g/mol. The maximum Gasteiger partial charge on any atom is 0.229 e. The Kier molecular flexibility index (Phi) is 5.14. The first-order valence-electron chi connectivity index (χ1n) is 7.41. The molecular formula is C16H22N4O2. The second-order valence-corrected chi connectivity index (χ2v) is 5.24. The van der Waals surface area contributed by atoms with E-state index in [9.17, 15) is 4.79 Å². The van der Waals surface area contributed by atoms with Crippen molar-refractivity contribution in [1.82, 2.24) is 14.8 Å². The molecule has 1 N–H and O–H groups in total. The molecule has 0 radical (unpaired) electrons. The number of nitrogens with zero attached hydrogens (tertiary/aromatic N) is 3. The van der Waals surface area contributed by atoms with Crippen molar-refractivity contribution in [3.8, 4) is 5.75 Å². The summed E-state index contributed by atoms with van der Waals surface area (Å²) in [4.78, 5) is 16.5. The number of aromatic nitrogens is 3. The Labute approximate surface area is 130 Å². The number of carbonyl (C=O) groups excluding carboxylic acids is 1. The van der Waals surface area contributed by atoms with E-state index in [0.29, 0.717) is 13.2 Å². The number of ether oxygens (including phenoxy) is 1. The Morgan fingerprint density at radius 2 is 2.00 bits per heavy atom. The maximum atomic E-state index is 12.2. The first-order chi connectivity index (χ1) is 10.5. The summed E-state index contributed by atoms with van der Waals surface area (Å²) in [5.74, 6) is 2.08. The lowest BCUT2D eigenvalue weighted by atomic mass is 10.1. The number of aryl methyl sites for hydroxylation is 2. The molecule has 6 nitrogen and oxygen atoms in total. The number of nitrogens with one attached hydrogen (secondary N) is 1. The molecule has 0 fully saturated rings. The quantitative estimate of drug-likeness (QED) is 0.890. The highest BCUT2D eigenvalue weighted by Crippen LogP contribution is 2.16. The minimum Gasteiger partial charge on any atom is -0.494 e. The van der Waals surface area contributed by atoms with Crippen molar-refractivity contribution in [2.75, 3.05) is 11.9 Å². The molecule has 1 heterocycles. The molecule has 0 aliphatic heterocycles. The number of carbonyl (C=O) groups is 1. The van der Waals surface area contributed by atoms with Crippen LogP contribution >= 0.6 is 0 Å². The van der Waals surface area contributed by atoms with Gasteiger partial charge in [0.05, 0.1) is 19.1 Å².